The van der Waals surface area contributed by atoms with Crippen molar-refractivity contribution in [2.45, 2.75) is 36.9 Å². The van der Waals surface area contributed by atoms with Gasteiger partial charge in [0.2, 0.25) is 0 Å². The van der Waals surface area contributed by atoms with E-state index in [4.69, 9.17) is 9.47 Å². The van der Waals surface area contributed by atoms with Crippen molar-refractivity contribution in [1.29, 1.82) is 0 Å². The van der Waals surface area contributed by atoms with Crippen LogP contribution in [0, 0.1) is 11.7 Å². The SMILES string of the molecule is COc1ccc([C@]23CC[C@H](NC(=O)Nc4cc(F)cc(C(F)(F)F)c4)C[C@@H]2CN(C)C3)cc1OC. The average molecular weight is 496 g/mol. The van der Waals surface area contributed by atoms with Crippen molar-refractivity contribution in [2.75, 3.05) is 39.7 Å². The summed E-state index contributed by atoms with van der Waals surface area (Å²) in [4.78, 5) is 14.8. The highest BCUT2D eigenvalue weighted by Crippen LogP contribution is 2.49. The number of likely N-dealkylation sites (N-methyl/N-ethyl adjacent to an activating group) is 1. The number of carbonyl (C=O) groups is 1. The Labute approximate surface area is 201 Å². The highest BCUT2D eigenvalue weighted by Gasteiger charge is 2.50. The van der Waals surface area contributed by atoms with Gasteiger partial charge in [0.15, 0.2) is 11.5 Å². The molecule has 0 radical (unpaired) electrons. The van der Waals surface area contributed by atoms with Crippen LogP contribution in [0.25, 0.3) is 0 Å². The number of carbonyl (C=O) groups excluding carboxylic acids is 1. The van der Waals surface area contributed by atoms with Crippen LogP contribution < -0.4 is 20.1 Å². The molecule has 2 aromatic carbocycles. The van der Waals surface area contributed by atoms with Crippen molar-refractivity contribution in [2.24, 2.45) is 5.92 Å². The number of nitrogens with one attached hydrogen (secondary N) is 2. The summed E-state index contributed by atoms with van der Waals surface area (Å²) >= 11 is 0. The molecule has 2 N–H and O–H groups in total. The van der Waals surface area contributed by atoms with Crippen LogP contribution in [0.2, 0.25) is 0 Å². The molecule has 2 aromatic rings. The second-order valence-corrected chi connectivity index (χ2v) is 9.42. The molecular weight excluding hydrogens is 466 g/mol. The van der Waals surface area contributed by atoms with Crippen molar-refractivity contribution >= 4 is 11.7 Å². The summed E-state index contributed by atoms with van der Waals surface area (Å²) in [6.07, 6.45) is -2.48. The minimum absolute atomic E-state index is 0.104. The lowest BCUT2D eigenvalue weighted by atomic mass is 9.63. The molecule has 1 heterocycles. The number of anilines is 1. The van der Waals surface area contributed by atoms with E-state index in [9.17, 15) is 22.4 Å². The molecule has 35 heavy (non-hydrogen) atoms. The van der Waals surface area contributed by atoms with Crippen LogP contribution >= 0.6 is 0 Å². The number of rotatable bonds is 5. The van der Waals surface area contributed by atoms with Gasteiger partial charge in [-0.3, -0.25) is 0 Å². The van der Waals surface area contributed by atoms with Gasteiger partial charge in [0.25, 0.3) is 0 Å². The van der Waals surface area contributed by atoms with Gasteiger partial charge in [0, 0.05) is 30.2 Å². The lowest BCUT2D eigenvalue weighted by Gasteiger charge is -2.42. The van der Waals surface area contributed by atoms with E-state index in [-0.39, 0.29) is 23.1 Å². The number of alkyl halides is 3. The van der Waals surface area contributed by atoms with Crippen molar-refractivity contribution in [1.82, 2.24) is 10.2 Å². The molecule has 1 aliphatic carbocycles. The molecule has 6 nitrogen and oxygen atoms in total. The van der Waals surface area contributed by atoms with Crippen molar-refractivity contribution in [3.05, 3.63) is 53.3 Å². The first-order chi connectivity index (χ1) is 16.5. The Morgan fingerprint density at radius 3 is 2.54 bits per heavy atom. The van der Waals surface area contributed by atoms with Gasteiger partial charge in [-0.1, -0.05) is 6.07 Å². The van der Waals surface area contributed by atoms with Crippen molar-refractivity contribution in [3.63, 3.8) is 0 Å². The van der Waals surface area contributed by atoms with Crippen LogP contribution in [0.4, 0.5) is 28.0 Å². The standard InChI is InChI=1S/C25H29F4N3O3/c1-32-13-17-10-19(30-23(33)31-20-9-16(25(27,28)29)8-18(26)12-20)6-7-24(17,14-32)15-4-5-21(34-2)22(11-15)35-3/h4-5,8-9,11-12,17,19H,6-7,10,13-14H2,1-3H3,(H2,30,31,33)/t17-,19+,24-/m1/s1. The summed E-state index contributed by atoms with van der Waals surface area (Å²) in [5.74, 6) is 0.520. The lowest BCUT2D eigenvalue weighted by Crippen LogP contribution is -2.48. The third-order valence-electron chi connectivity index (χ3n) is 7.15. The van der Waals surface area contributed by atoms with Gasteiger partial charge in [-0.2, -0.15) is 13.2 Å². The average Bonchev–Trinajstić information content (AvgIpc) is 3.13. The number of hydrogen-bond acceptors (Lipinski definition) is 4. The molecule has 2 aliphatic rings. The Morgan fingerprint density at radius 1 is 1.11 bits per heavy atom. The number of halogens is 4. The number of nitrogens with zero attached hydrogens (tertiary/aromatic N) is 1. The molecule has 1 saturated heterocycles. The fraction of sp³-hybridized carbons (Fsp3) is 0.480. The topological polar surface area (TPSA) is 62.8 Å². The zero-order valence-corrected chi connectivity index (χ0v) is 19.8. The molecule has 4 rings (SSSR count). The van der Waals surface area contributed by atoms with Gasteiger partial charge in [-0.15, -0.1) is 0 Å². The summed E-state index contributed by atoms with van der Waals surface area (Å²) in [5.41, 5.74) is -0.343. The number of benzene rings is 2. The number of urea groups is 1. The maximum Gasteiger partial charge on any atom is 0.416 e. The minimum Gasteiger partial charge on any atom is -0.493 e. The van der Waals surface area contributed by atoms with Crippen LogP contribution in [0.5, 0.6) is 11.5 Å². The predicted molar refractivity (Wildman–Crippen MR) is 123 cm³/mol. The highest BCUT2D eigenvalue weighted by molar-refractivity contribution is 5.89. The van der Waals surface area contributed by atoms with Crippen LogP contribution in [0.1, 0.15) is 30.4 Å². The number of ether oxygens (including phenoxy) is 2. The first-order valence-corrected chi connectivity index (χ1v) is 11.4. The number of amides is 2. The Kier molecular flexibility index (Phi) is 6.86. The molecule has 0 unspecified atom stereocenters. The summed E-state index contributed by atoms with van der Waals surface area (Å²) in [6, 6.07) is 7.17. The van der Waals surface area contributed by atoms with E-state index in [1.165, 1.54) is 0 Å². The number of fused-ring (bicyclic) bond motifs is 1. The van der Waals surface area contributed by atoms with Crippen LogP contribution in [0.15, 0.2) is 36.4 Å². The van der Waals surface area contributed by atoms with E-state index >= 15 is 0 Å². The third-order valence-corrected chi connectivity index (χ3v) is 7.15. The fourth-order valence-corrected chi connectivity index (χ4v) is 5.63. The van der Waals surface area contributed by atoms with Gasteiger partial charge in [-0.25, -0.2) is 9.18 Å². The number of hydrogen-bond donors (Lipinski definition) is 2. The minimum atomic E-state index is -4.71. The quantitative estimate of drug-likeness (QED) is 0.571. The van der Waals surface area contributed by atoms with Crippen LogP contribution in [0.3, 0.4) is 0 Å². The van der Waals surface area contributed by atoms with Crippen LogP contribution in [-0.4, -0.2) is 51.3 Å². The number of likely N-dealkylation sites (tertiary alicyclic amines) is 1. The van der Waals surface area contributed by atoms with Gasteiger partial charge in [0.05, 0.1) is 19.8 Å². The molecule has 1 saturated carbocycles. The van der Waals surface area contributed by atoms with E-state index in [0.29, 0.717) is 30.4 Å². The molecule has 10 heteroatoms. The highest BCUT2D eigenvalue weighted by atomic mass is 19.4. The first kappa shape index (κ1) is 25.1. The molecule has 1 aliphatic heterocycles. The molecule has 0 aromatic heterocycles. The smallest absolute Gasteiger partial charge is 0.416 e. The maximum atomic E-state index is 13.7. The Bertz CT molecular complexity index is 1090. The lowest BCUT2D eigenvalue weighted by molar-refractivity contribution is -0.137. The third kappa shape index (κ3) is 5.17. The predicted octanol–water partition coefficient (Wildman–Crippen LogP) is 5.04. The summed E-state index contributed by atoms with van der Waals surface area (Å²) in [7, 11) is 5.27. The van der Waals surface area contributed by atoms with Gasteiger partial charge >= 0.3 is 12.2 Å². The molecule has 3 atom stereocenters. The Balaban J connectivity index is 1.47. The van der Waals surface area contributed by atoms with E-state index < -0.39 is 23.6 Å². The summed E-state index contributed by atoms with van der Waals surface area (Å²) < 4.78 is 63.4. The second kappa shape index (κ2) is 9.56. The van der Waals surface area contributed by atoms with E-state index in [2.05, 4.69) is 28.6 Å². The normalized spacial score (nSPS) is 24.5. The van der Waals surface area contributed by atoms with Crippen molar-refractivity contribution < 1.29 is 31.8 Å². The molecule has 2 amide bonds. The van der Waals surface area contributed by atoms with E-state index in [1.54, 1.807) is 14.2 Å². The monoisotopic (exact) mass is 495 g/mol. The van der Waals surface area contributed by atoms with E-state index in [1.807, 2.05) is 12.1 Å². The van der Waals surface area contributed by atoms with Gasteiger partial charge in [-0.05, 0) is 68.1 Å². The first-order valence-electron chi connectivity index (χ1n) is 11.4. The second-order valence-electron chi connectivity index (χ2n) is 9.42. The van der Waals surface area contributed by atoms with Gasteiger partial charge < -0.3 is 25.0 Å². The zero-order chi connectivity index (χ0) is 25.4. The zero-order valence-electron chi connectivity index (χ0n) is 19.8. The molecule has 0 spiro atoms. The molecular formula is C25H29F4N3O3. The Morgan fingerprint density at radius 2 is 1.86 bits per heavy atom. The summed E-state index contributed by atoms with van der Waals surface area (Å²) in [5, 5.41) is 5.21. The number of methoxy groups -OCH3 is 2. The molecule has 0 bridgehead atoms. The van der Waals surface area contributed by atoms with E-state index in [0.717, 1.165) is 37.2 Å². The van der Waals surface area contributed by atoms with Crippen LogP contribution in [-0.2, 0) is 11.6 Å². The molecule has 190 valence electrons. The summed E-state index contributed by atoms with van der Waals surface area (Å²) in [6.45, 7) is 1.72. The fourth-order valence-electron chi connectivity index (χ4n) is 5.63. The maximum absolute atomic E-state index is 13.7. The van der Waals surface area contributed by atoms with Crippen molar-refractivity contribution in [3.8, 4) is 11.5 Å². The largest absolute Gasteiger partial charge is 0.493 e. The molecule has 2 fully saturated rings. The Hall–Kier alpha value is -3.01. The van der Waals surface area contributed by atoms with Gasteiger partial charge in [0.1, 0.15) is 5.82 Å².